The number of carbonyl (C=O) groups is 1. The number of hydrogen-bond donors (Lipinski definition) is 0. The molecule has 4 heterocycles. The fourth-order valence-corrected chi connectivity index (χ4v) is 4.18. The zero-order chi connectivity index (χ0) is 21.4. The predicted octanol–water partition coefficient (Wildman–Crippen LogP) is 4.17. The number of nitrogens with zero attached hydrogens (tertiary/aromatic N) is 5. The fraction of sp³-hybridized carbons (Fsp3) is 0.250. The van der Waals surface area contributed by atoms with Crippen LogP contribution >= 0.6 is 0 Å². The van der Waals surface area contributed by atoms with Gasteiger partial charge in [0.15, 0.2) is 5.82 Å². The van der Waals surface area contributed by atoms with Gasteiger partial charge >= 0.3 is 0 Å². The average molecular weight is 413 g/mol. The maximum Gasteiger partial charge on any atom is 0.258 e. The maximum atomic E-state index is 13.0. The van der Waals surface area contributed by atoms with E-state index >= 15 is 0 Å². The first-order valence-electron chi connectivity index (χ1n) is 10.4. The Labute approximate surface area is 180 Å². The van der Waals surface area contributed by atoms with E-state index in [9.17, 15) is 4.79 Å². The number of hydrogen-bond acceptors (Lipinski definition) is 5. The van der Waals surface area contributed by atoms with Crippen LogP contribution in [0.2, 0.25) is 0 Å². The molecule has 3 aromatic heterocycles. The molecule has 0 radical (unpaired) electrons. The largest absolute Gasteiger partial charge is 0.338 e. The number of benzene rings is 1. The minimum atomic E-state index is 0.0350. The van der Waals surface area contributed by atoms with Crippen LogP contribution in [0.5, 0.6) is 0 Å². The normalized spacial score (nSPS) is 16.1. The molecule has 0 saturated carbocycles. The summed E-state index contributed by atoms with van der Waals surface area (Å²) in [6.45, 7) is 5.43. The highest BCUT2D eigenvalue weighted by Crippen LogP contribution is 2.28. The van der Waals surface area contributed by atoms with Gasteiger partial charge in [0, 0.05) is 59.6 Å². The molecule has 4 aromatic rings. The van der Waals surface area contributed by atoms with Crippen LogP contribution in [-0.2, 0) is 0 Å². The van der Waals surface area contributed by atoms with Gasteiger partial charge in [0.1, 0.15) is 0 Å². The van der Waals surface area contributed by atoms with Gasteiger partial charge in [-0.2, -0.15) is 4.98 Å². The van der Waals surface area contributed by atoms with Crippen LogP contribution in [0.15, 0.2) is 65.4 Å². The van der Waals surface area contributed by atoms with E-state index < -0.39 is 0 Å². The molecule has 7 heteroatoms. The molecule has 7 nitrogen and oxygen atoms in total. The van der Waals surface area contributed by atoms with E-state index in [1.165, 1.54) is 11.4 Å². The quantitative estimate of drug-likeness (QED) is 0.502. The molecule has 1 aliphatic heterocycles. The van der Waals surface area contributed by atoms with E-state index in [1.54, 1.807) is 12.4 Å². The molecule has 1 aromatic carbocycles. The molecule has 156 valence electrons. The van der Waals surface area contributed by atoms with Crippen molar-refractivity contribution in [3.8, 4) is 17.1 Å². The second-order valence-corrected chi connectivity index (χ2v) is 7.93. The van der Waals surface area contributed by atoms with Gasteiger partial charge in [-0.05, 0) is 68.8 Å². The van der Waals surface area contributed by atoms with Crippen molar-refractivity contribution in [3.05, 3.63) is 83.7 Å². The lowest BCUT2D eigenvalue weighted by atomic mass is 10.1. The standard InChI is InChI=1S/C24H23N5O2/c1-16-3-4-17(2)29(16)21-7-5-19(6-8-21)24(30)28-14-11-20(15-28)22-26-23(31-27-22)18-9-12-25-13-10-18/h3-10,12-13,20H,11,14-15H2,1-2H3. The molecule has 1 unspecified atom stereocenters. The zero-order valence-electron chi connectivity index (χ0n) is 17.5. The Morgan fingerprint density at radius 2 is 1.71 bits per heavy atom. The summed E-state index contributed by atoms with van der Waals surface area (Å²) in [7, 11) is 0. The van der Waals surface area contributed by atoms with Crippen molar-refractivity contribution < 1.29 is 9.32 Å². The van der Waals surface area contributed by atoms with Crippen molar-refractivity contribution in [2.75, 3.05) is 13.1 Å². The SMILES string of the molecule is Cc1ccc(C)n1-c1ccc(C(=O)N2CCC(c3noc(-c4ccncc4)n3)C2)cc1. The van der Waals surface area contributed by atoms with Gasteiger partial charge in [0.05, 0.1) is 0 Å². The lowest BCUT2D eigenvalue weighted by Crippen LogP contribution is -2.28. The molecule has 0 aliphatic carbocycles. The number of aromatic nitrogens is 4. The molecule has 0 spiro atoms. The Balaban J connectivity index is 1.28. The van der Waals surface area contributed by atoms with E-state index in [0.29, 0.717) is 30.4 Å². The van der Waals surface area contributed by atoms with E-state index in [2.05, 4.69) is 45.7 Å². The smallest absolute Gasteiger partial charge is 0.258 e. The van der Waals surface area contributed by atoms with E-state index in [-0.39, 0.29) is 11.8 Å². The van der Waals surface area contributed by atoms with Crippen molar-refractivity contribution in [1.82, 2.24) is 24.6 Å². The summed E-state index contributed by atoms with van der Waals surface area (Å²) >= 11 is 0. The highest BCUT2D eigenvalue weighted by molar-refractivity contribution is 5.94. The van der Waals surface area contributed by atoms with Crippen molar-refractivity contribution in [3.63, 3.8) is 0 Å². The molecule has 5 rings (SSSR count). The van der Waals surface area contributed by atoms with Crippen molar-refractivity contribution in [2.24, 2.45) is 0 Å². The average Bonchev–Trinajstić information content (AvgIpc) is 3.54. The molecule has 1 aliphatic rings. The Bertz CT molecular complexity index is 1190. The number of likely N-dealkylation sites (tertiary alicyclic amines) is 1. The van der Waals surface area contributed by atoms with Crippen LogP contribution in [0.4, 0.5) is 0 Å². The molecule has 0 N–H and O–H groups in total. The van der Waals surface area contributed by atoms with Gasteiger partial charge < -0.3 is 14.0 Å². The summed E-state index contributed by atoms with van der Waals surface area (Å²) < 4.78 is 7.59. The Morgan fingerprint density at radius 1 is 1.00 bits per heavy atom. The van der Waals surface area contributed by atoms with E-state index in [0.717, 1.165) is 17.7 Å². The third-order valence-electron chi connectivity index (χ3n) is 5.85. The number of rotatable bonds is 4. The van der Waals surface area contributed by atoms with Crippen LogP contribution in [0.25, 0.3) is 17.1 Å². The fourth-order valence-electron chi connectivity index (χ4n) is 4.18. The second kappa shape index (κ2) is 7.83. The van der Waals surface area contributed by atoms with Crippen LogP contribution < -0.4 is 0 Å². The minimum Gasteiger partial charge on any atom is -0.338 e. The predicted molar refractivity (Wildman–Crippen MR) is 116 cm³/mol. The molecule has 1 saturated heterocycles. The molecule has 0 bridgehead atoms. The maximum absolute atomic E-state index is 13.0. The Morgan fingerprint density at radius 3 is 2.42 bits per heavy atom. The third-order valence-corrected chi connectivity index (χ3v) is 5.85. The monoisotopic (exact) mass is 413 g/mol. The molecular weight excluding hydrogens is 390 g/mol. The summed E-state index contributed by atoms with van der Waals surface area (Å²) in [5, 5.41) is 4.15. The topological polar surface area (TPSA) is 77.0 Å². The van der Waals surface area contributed by atoms with Gasteiger partial charge in [0.25, 0.3) is 11.8 Å². The summed E-state index contributed by atoms with van der Waals surface area (Å²) in [6.07, 6.45) is 4.21. The highest BCUT2D eigenvalue weighted by atomic mass is 16.5. The molecular formula is C24H23N5O2. The number of aryl methyl sites for hydroxylation is 2. The van der Waals surface area contributed by atoms with Crippen molar-refractivity contribution in [1.29, 1.82) is 0 Å². The Kier molecular flexibility index (Phi) is 4.86. The summed E-state index contributed by atoms with van der Waals surface area (Å²) in [5.74, 6) is 1.24. The first kappa shape index (κ1) is 19.2. The lowest BCUT2D eigenvalue weighted by molar-refractivity contribution is 0.0790. The molecule has 1 amide bonds. The Hall–Kier alpha value is -3.74. The van der Waals surface area contributed by atoms with E-state index in [1.807, 2.05) is 41.3 Å². The first-order chi connectivity index (χ1) is 15.1. The first-order valence-corrected chi connectivity index (χ1v) is 10.4. The van der Waals surface area contributed by atoms with E-state index in [4.69, 9.17) is 4.52 Å². The molecule has 31 heavy (non-hydrogen) atoms. The van der Waals surface area contributed by atoms with Crippen LogP contribution in [-0.4, -0.2) is 43.6 Å². The minimum absolute atomic E-state index is 0.0350. The number of carbonyl (C=O) groups excluding carboxylic acids is 1. The summed E-state index contributed by atoms with van der Waals surface area (Å²) in [4.78, 5) is 23.4. The second-order valence-electron chi connectivity index (χ2n) is 7.93. The van der Waals surface area contributed by atoms with Gasteiger partial charge in [-0.15, -0.1) is 0 Å². The van der Waals surface area contributed by atoms with Crippen LogP contribution in [0, 0.1) is 13.8 Å². The number of amides is 1. The summed E-state index contributed by atoms with van der Waals surface area (Å²) in [5.41, 5.74) is 4.94. The third kappa shape index (κ3) is 3.63. The summed E-state index contributed by atoms with van der Waals surface area (Å²) in [6, 6.07) is 15.7. The zero-order valence-corrected chi connectivity index (χ0v) is 17.5. The lowest BCUT2D eigenvalue weighted by Gasteiger charge is -2.16. The van der Waals surface area contributed by atoms with Crippen LogP contribution in [0.3, 0.4) is 0 Å². The highest BCUT2D eigenvalue weighted by Gasteiger charge is 2.31. The molecule has 1 fully saturated rings. The van der Waals surface area contributed by atoms with Gasteiger partial charge in [-0.25, -0.2) is 0 Å². The van der Waals surface area contributed by atoms with Gasteiger partial charge in [-0.1, -0.05) is 5.16 Å². The van der Waals surface area contributed by atoms with Crippen LogP contribution in [0.1, 0.15) is 39.9 Å². The van der Waals surface area contributed by atoms with Crippen molar-refractivity contribution in [2.45, 2.75) is 26.2 Å². The van der Waals surface area contributed by atoms with Gasteiger partial charge in [0.2, 0.25) is 0 Å². The molecule has 1 atom stereocenters. The van der Waals surface area contributed by atoms with Gasteiger partial charge in [-0.3, -0.25) is 9.78 Å². The van der Waals surface area contributed by atoms with Crippen molar-refractivity contribution >= 4 is 5.91 Å². The number of pyridine rings is 1.